The van der Waals surface area contributed by atoms with Crippen LogP contribution in [-0.2, 0) is 17.9 Å². The quantitative estimate of drug-likeness (QED) is 0.338. The largest absolute Gasteiger partial charge is 0.394 e. The molecule has 6 nitrogen and oxygen atoms in total. The Morgan fingerprint density at radius 1 is 1.12 bits per heavy atom. The van der Waals surface area contributed by atoms with Gasteiger partial charge in [0, 0.05) is 12.7 Å². The predicted octanol–water partition coefficient (Wildman–Crippen LogP) is 5.23. The number of fused-ring (bicyclic) bond motifs is 5. The first-order valence-electron chi connectivity index (χ1n) is 12.9. The molecule has 0 aliphatic heterocycles. The van der Waals surface area contributed by atoms with Gasteiger partial charge >= 0.3 is 0 Å². The van der Waals surface area contributed by atoms with E-state index < -0.39 is 0 Å². The zero-order valence-corrected chi connectivity index (χ0v) is 21.0. The molecule has 4 aliphatic rings. The predicted molar refractivity (Wildman–Crippen MR) is 132 cm³/mol. The molecule has 0 amide bonds. The normalized spacial score (nSPS) is 37.0. The molecule has 0 bridgehead atoms. The summed E-state index contributed by atoms with van der Waals surface area (Å²) in [5, 5.41) is 12.9. The van der Waals surface area contributed by atoms with E-state index in [4.69, 9.17) is 4.84 Å². The third-order valence-corrected chi connectivity index (χ3v) is 9.59. The first-order chi connectivity index (χ1) is 15.8. The first kappa shape index (κ1) is 22.8. The Morgan fingerprint density at radius 3 is 2.76 bits per heavy atom. The van der Waals surface area contributed by atoms with Crippen LogP contribution >= 0.6 is 0 Å². The molecule has 4 aliphatic carbocycles. The molecule has 1 aromatic rings. The van der Waals surface area contributed by atoms with Gasteiger partial charge in [0.2, 0.25) is 0 Å². The van der Waals surface area contributed by atoms with E-state index in [1.165, 1.54) is 50.5 Å². The maximum absolute atomic E-state index is 5.70. The van der Waals surface area contributed by atoms with Crippen molar-refractivity contribution in [3.8, 4) is 0 Å². The number of nitrogens with zero attached hydrogens (tertiary/aromatic N) is 5. The van der Waals surface area contributed by atoms with Crippen LogP contribution in [0.15, 0.2) is 35.2 Å². The maximum atomic E-state index is 5.70. The summed E-state index contributed by atoms with van der Waals surface area (Å²) < 4.78 is 1.84. The van der Waals surface area contributed by atoms with Crippen LogP contribution in [0.5, 0.6) is 0 Å². The summed E-state index contributed by atoms with van der Waals surface area (Å²) in [5.74, 6) is 2.56. The lowest BCUT2D eigenvalue weighted by molar-refractivity contribution is -0.0226. The zero-order valence-electron chi connectivity index (χ0n) is 21.0. The van der Waals surface area contributed by atoms with E-state index in [0.29, 0.717) is 24.0 Å². The van der Waals surface area contributed by atoms with E-state index in [0.717, 1.165) is 42.1 Å². The highest BCUT2D eigenvalue weighted by Crippen LogP contribution is 2.66. The Bertz CT molecular complexity index is 961. The highest BCUT2D eigenvalue weighted by Gasteiger charge is 2.57. The van der Waals surface area contributed by atoms with Crippen LogP contribution in [0.25, 0.3) is 0 Å². The zero-order chi connectivity index (χ0) is 23.2. The SMILES string of the molecule is C=C1CCC2C3CCC4=CC(=NOCCn5cc(CN(C)C)nn5)CC[C@]4(C)C3CC[C@]12C. The number of hydrogen-bond donors (Lipinski definition) is 0. The Labute approximate surface area is 199 Å². The van der Waals surface area contributed by atoms with Gasteiger partial charge in [-0.25, -0.2) is 4.68 Å². The van der Waals surface area contributed by atoms with Gasteiger partial charge in [-0.05, 0) is 100 Å². The molecule has 0 N–H and O–H groups in total. The van der Waals surface area contributed by atoms with Crippen molar-refractivity contribution in [2.24, 2.45) is 33.7 Å². The lowest BCUT2D eigenvalue weighted by Gasteiger charge is -2.57. The summed E-state index contributed by atoms with van der Waals surface area (Å²) in [4.78, 5) is 7.79. The fourth-order valence-corrected chi connectivity index (χ4v) is 7.66. The second-order valence-corrected chi connectivity index (χ2v) is 11.7. The summed E-state index contributed by atoms with van der Waals surface area (Å²) in [6, 6.07) is 0. The van der Waals surface area contributed by atoms with Crippen molar-refractivity contribution in [1.29, 1.82) is 0 Å². The summed E-state index contributed by atoms with van der Waals surface area (Å²) in [6.45, 7) is 11.5. The molecule has 0 aromatic carbocycles. The molecule has 3 unspecified atom stereocenters. The van der Waals surface area contributed by atoms with Crippen molar-refractivity contribution in [1.82, 2.24) is 19.9 Å². The number of oxime groups is 1. The number of aromatic nitrogens is 3. The third kappa shape index (κ3) is 4.09. The average molecular weight is 452 g/mol. The van der Waals surface area contributed by atoms with Gasteiger partial charge in [-0.3, -0.25) is 0 Å². The first-order valence-corrected chi connectivity index (χ1v) is 12.9. The Hall–Kier alpha value is -1.95. The summed E-state index contributed by atoms with van der Waals surface area (Å²) in [5.41, 5.74) is 6.00. The van der Waals surface area contributed by atoms with Gasteiger partial charge in [0.1, 0.15) is 6.61 Å². The molecule has 180 valence electrons. The van der Waals surface area contributed by atoms with Crippen LogP contribution in [0.4, 0.5) is 0 Å². The van der Waals surface area contributed by atoms with Crippen LogP contribution in [0, 0.1) is 28.6 Å². The number of allylic oxidation sites excluding steroid dienone is 3. The van der Waals surface area contributed by atoms with E-state index in [-0.39, 0.29) is 0 Å². The molecular weight excluding hydrogens is 410 g/mol. The second-order valence-electron chi connectivity index (χ2n) is 11.7. The van der Waals surface area contributed by atoms with Crippen molar-refractivity contribution >= 4 is 5.71 Å². The summed E-state index contributed by atoms with van der Waals surface area (Å²) >= 11 is 0. The van der Waals surface area contributed by atoms with Crippen LogP contribution < -0.4 is 0 Å². The van der Waals surface area contributed by atoms with E-state index in [1.54, 1.807) is 5.57 Å². The summed E-state index contributed by atoms with van der Waals surface area (Å²) in [7, 11) is 4.07. The number of hydrogen-bond acceptors (Lipinski definition) is 5. The monoisotopic (exact) mass is 451 g/mol. The third-order valence-electron chi connectivity index (χ3n) is 9.59. The molecule has 0 spiro atoms. The molecule has 0 saturated heterocycles. The topological polar surface area (TPSA) is 55.5 Å². The smallest absolute Gasteiger partial charge is 0.136 e. The minimum absolute atomic E-state index is 0.344. The molecule has 1 heterocycles. The fourth-order valence-electron chi connectivity index (χ4n) is 7.66. The average Bonchev–Trinajstić information content (AvgIpc) is 3.34. The molecule has 3 fully saturated rings. The number of rotatable bonds is 6. The van der Waals surface area contributed by atoms with E-state index in [1.807, 2.05) is 25.0 Å². The highest BCUT2D eigenvalue weighted by atomic mass is 16.6. The minimum atomic E-state index is 0.344. The Kier molecular flexibility index (Phi) is 6.00. The molecule has 5 rings (SSSR count). The Balaban J connectivity index is 1.20. The van der Waals surface area contributed by atoms with Gasteiger partial charge in [0.05, 0.1) is 18.0 Å². The van der Waals surface area contributed by atoms with Crippen LogP contribution in [0.3, 0.4) is 0 Å². The van der Waals surface area contributed by atoms with E-state index in [9.17, 15) is 0 Å². The van der Waals surface area contributed by atoms with Gasteiger partial charge in [-0.2, -0.15) is 0 Å². The van der Waals surface area contributed by atoms with Crippen molar-refractivity contribution in [3.63, 3.8) is 0 Å². The highest BCUT2D eigenvalue weighted by molar-refractivity contribution is 5.96. The van der Waals surface area contributed by atoms with Crippen LogP contribution in [-0.4, -0.2) is 46.3 Å². The molecule has 0 radical (unpaired) electrons. The van der Waals surface area contributed by atoms with E-state index in [2.05, 4.69) is 46.9 Å². The van der Waals surface area contributed by atoms with Crippen molar-refractivity contribution in [2.45, 2.75) is 78.3 Å². The van der Waals surface area contributed by atoms with Crippen molar-refractivity contribution < 1.29 is 4.84 Å². The van der Waals surface area contributed by atoms with Gasteiger partial charge in [-0.15, -0.1) is 5.10 Å². The van der Waals surface area contributed by atoms with Crippen LogP contribution in [0.2, 0.25) is 0 Å². The lowest BCUT2D eigenvalue weighted by atomic mass is 9.47. The molecular formula is C27H41N5O. The molecule has 6 heteroatoms. The molecule has 33 heavy (non-hydrogen) atoms. The second kappa shape index (κ2) is 8.68. The molecule has 3 saturated carbocycles. The maximum Gasteiger partial charge on any atom is 0.136 e. The van der Waals surface area contributed by atoms with Crippen molar-refractivity contribution in [3.05, 3.63) is 35.7 Å². The van der Waals surface area contributed by atoms with Gasteiger partial charge in [0.15, 0.2) is 0 Å². The van der Waals surface area contributed by atoms with Crippen molar-refractivity contribution in [2.75, 3.05) is 20.7 Å². The standard InChI is InChI=1S/C27H41N5O/c1-19-6-9-24-23-8-7-20-16-21(10-12-27(20,3)25(23)11-13-26(19,24)2)29-33-15-14-32-18-22(28-30-32)17-31(4)5/h16,18,23-25H,1,6-15,17H2,2-5H3/t23?,24?,25?,26-,27+/m1/s1. The molecule has 1 aromatic heterocycles. The minimum Gasteiger partial charge on any atom is -0.394 e. The van der Waals surface area contributed by atoms with Crippen LogP contribution in [0.1, 0.15) is 70.9 Å². The van der Waals surface area contributed by atoms with Gasteiger partial charge in [-0.1, -0.05) is 41.9 Å². The fraction of sp³-hybridized carbons (Fsp3) is 0.741. The Morgan fingerprint density at radius 2 is 1.94 bits per heavy atom. The van der Waals surface area contributed by atoms with Gasteiger partial charge < -0.3 is 9.74 Å². The van der Waals surface area contributed by atoms with Gasteiger partial charge in [0.25, 0.3) is 0 Å². The molecule has 5 atom stereocenters. The summed E-state index contributed by atoms with van der Waals surface area (Å²) in [6.07, 6.45) is 14.5. The lowest BCUT2D eigenvalue weighted by Crippen LogP contribution is -2.49. The van der Waals surface area contributed by atoms with E-state index >= 15 is 0 Å².